The first-order valence-electron chi connectivity index (χ1n) is 8.39. The molecule has 1 aromatic heterocycles. The van der Waals surface area contributed by atoms with E-state index in [2.05, 4.69) is 47.5 Å². The van der Waals surface area contributed by atoms with Crippen LogP contribution in [0.1, 0.15) is 40.6 Å². The molecule has 0 spiro atoms. The Bertz CT molecular complexity index is 630. The van der Waals surface area contributed by atoms with Crippen LogP contribution in [0.25, 0.3) is 0 Å². The van der Waals surface area contributed by atoms with Gasteiger partial charge in [-0.25, -0.2) is 0 Å². The zero-order chi connectivity index (χ0) is 16.1. The number of nitrogens with one attached hydrogen (secondary N) is 1. The van der Waals surface area contributed by atoms with Gasteiger partial charge < -0.3 is 5.32 Å². The van der Waals surface area contributed by atoms with Crippen molar-refractivity contribution in [3.63, 3.8) is 0 Å². The lowest BCUT2D eigenvalue weighted by atomic mass is 10.0. The summed E-state index contributed by atoms with van der Waals surface area (Å²) >= 11 is 1.67. The highest BCUT2D eigenvalue weighted by molar-refractivity contribution is 7.10. The molecule has 1 fully saturated rings. The van der Waals surface area contributed by atoms with E-state index in [1.807, 2.05) is 11.4 Å². The fourth-order valence-electron chi connectivity index (χ4n) is 3.03. The van der Waals surface area contributed by atoms with Crippen molar-refractivity contribution in [3.8, 4) is 0 Å². The summed E-state index contributed by atoms with van der Waals surface area (Å²) in [6.45, 7) is 5.22. The zero-order valence-electron chi connectivity index (χ0n) is 13.6. The molecule has 3 rings (SSSR count). The molecule has 0 unspecified atom stereocenters. The van der Waals surface area contributed by atoms with Gasteiger partial charge in [0.05, 0.1) is 5.56 Å². The third-order valence-corrected chi connectivity index (χ3v) is 5.52. The van der Waals surface area contributed by atoms with Crippen LogP contribution in [-0.2, 0) is 13.0 Å². The molecule has 0 bridgehead atoms. The molecule has 1 aliphatic rings. The second kappa shape index (κ2) is 7.75. The topological polar surface area (TPSA) is 32.3 Å². The summed E-state index contributed by atoms with van der Waals surface area (Å²) in [6.07, 6.45) is 3.06. The SMILES string of the molecule is CCc1cc(C(=O)NC2CCN(Cc3ccccc3)CC2)cs1. The lowest BCUT2D eigenvalue weighted by Gasteiger charge is -2.32. The maximum absolute atomic E-state index is 12.3. The van der Waals surface area contributed by atoms with Crippen molar-refractivity contribution in [2.75, 3.05) is 13.1 Å². The van der Waals surface area contributed by atoms with E-state index in [4.69, 9.17) is 0 Å². The minimum atomic E-state index is 0.0856. The number of nitrogens with zero attached hydrogens (tertiary/aromatic N) is 1. The van der Waals surface area contributed by atoms with Crippen molar-refractivity contribution in [1.82, 2.24) is 10.2 Å². The van der Waals surface area contributed by atoms with Gasteiger partial charge >= 0.3 is 0 Å². The molecule has 23 heavy (non-hydrogen) atoms. The molecule has 0 radical (unpaired) electrons. The van der Waals surface area contributed by atoms with Crippen LogP contribution in [0.15, 0.2) is 41.8 Å². The summed E-state index contributed by atoms with van der Waals surface area (Å²) in [4.78, 5) is 16.0. The molecule has 4 heteroatoms. The summed E-state index contributed by atoms with van der Waals surface area (Å²) in [6, 6.07) is 12.9. The third-order valence-electron chi connectivity index (χ3n) is 4.44. The molecule has 122 valence electrons. The van der Waals surface area contributed by atoms with Crippen molar-refractivity contribution in [3.05, 3.63) is 57.8 Å². The van der Waals surface area contributed by atoms with E-state index in [9.17, 15) is 4.79 Å². The van der Waals surface area contributed by atoms with Gasteiger partial charge in [0.25, 0.3) is 5.91 Å². The molecule has 1 amide bonds. The molecule has 1 aromatic carbocycles. The highest BCUT2D eigenvalue weighted by Gasteiger charge is 2.21. The predicted molar refractivity (Wildman–Crippen MR) is 95.9 cm³/mol. The summed E-state index contributed by atoms with van der Waals surface area (Å²) in [5.74, 6) is 0.0856. The normalized spacial score (nSPS) is 16.4. The number of hydrogen-bond acceptors (Lipinski definition) is 3. The van der Waals surface area contributed by atoms with Crippen LogP contribution in [0.3, 0.4) is 0 Å². The molecular formula is C19H24N2OS. The number of hydrogen-bond donors (Lipinski definition) is 1. The molecule has 0 aliphatic carbocycles. The predicted octanol–water partition coefficient (Wildman–Crippen LogP) is 3.70. The highest BCUT2D eigenvalue weighted by atomic mass is 32.1. The maximum atomic E-state index is 12.3. The average Bonchev–Trinajstić information content (AvgIpc) is 3.07. The first-order valence-corrected chi connectivity index (χ1v) is 9.27. The van der Waals surface area contributed by atoms with E-state index in [0.717, 1.165) is 44.5 Å². The Balaban J connectivity index is 1.46. The second-order valence-electron chi connectivity index (χ2n) is 6.16. The smallest absolute Gasteiger partial charge is 0.252 e. The fraction of sp³-hybridized carbons (Fsp3) is 0.421. The van der Waals surface area contributed by atoms with Crippen LogP contribution in [0.4, 0.5) is 0 Å². The summed E-state index contributed by atoms with van der Waals surface area (Å²) in [7, 11) is 0. The Morgan fingerprint density at radius 1 is 1.26 bits per heavy atom. The Morgan fingerprint density at radius 3 is 2.65 bits per heavy atom. The van der Waals surface area contributed by atoms with Gasteiger partial charge in [-0.2, -0.15) is 0 Å². The van der Waals surface area contributed by atoms with Crippen LogP contribution >= 0.6 is 11.3 Å². The molecule has 3 nitrogen and oxygen atoms in total. The van der Waals surface area contributed by atoms with Crippen molar-refractivity contribution in [1.29, 1.82) is 0 Å². The second-order valence-corrected chi connectivity index (χ2v) is 7.16. The Morgan fingerprint density at radius 2 is 2.00 bits per heavy atom. The largest absolute Gasteiger partial charge is 0.349 e. The molecule has 1 N–H and O–H groups in total. The van der Waals surface area contributed by atoms with E-state index >= 15 is 0 Å². The zero-order valence-corrected chi connectivity index (χ0v) is 14.4. The van der Waals surface area contributed by atoms with Crippen LogP contribution in [0, 0.1) is 0 Å². The van der Waals surface area contributed by atoms with Gasteiger partial charge in [-0.1, -0.05) is 37.3 Å². The van der Waals surface area contributed by atoms with Crippen molar-refractivity contribution in [2.45, 2.75) is 38.8 Å². The Hall–Kier alpha value is -1.65. The van der Waals surface area contributed by atoms with Crippen LogP contribution in [0.5, 0.6) is 0 Å². The number of rotatable bonds is 5. The van der Waals surface area contributed by atoms with E-state index in [1.54, 1.807) is 11.3 Å². The number of piperidine rings is 1. The fourth-order valence-corrected chi connectivity index (χ4v) is 3.85. The average molecular weight is 328 g/mol. The lowest BCUT2D eigenvalue weighted by molar-refractivity contribution is 0.0909. The number of amides is 1. The van der Waals surface area contributed by atoms with Crippen molar-refractivity contribution >= 4 is 17.2 Å². The molecular weight excluding hydrogens is 304 g/mol. The van der Waals surface area contributed by atoms with Gasteiger partial charge in [-0.05, 0) is 30.9 Å². The summed E-state index contributed by atoms with van der Waals surface area (Å²) < 4.78 is 0. The van der Waals surface area contributed by atoms with Crippen LogP contribution < -0.4 is 5.32 Å². The number of likely N-dealkylation sites (tertiary alicyclic amines) is 1. The molecule has 0 atom stereocenters. The molecule has 0 saturated carbocycles. The van der Waals surface area contributed by atoms with E-state index in [0.29, 0.717) is 6.04 Å². The van der Waals surface area contributed by atoms with Gasteiger partial charge in [0.15, 0.2) is 0 Å². The Labute approximate surface area is 142 Å². The Kier molecular flexibility index (Phi) is 5.47. The van der Waals surface area contributed by atoms with Crippen LogP contribution in [0.2, 0.25) is 0 Å². The van der Waals surface area contributed by atoms with Crippen LogP contribution in [-0.4, -0.2) is 29.9 Å². The standard InChI is InChI=1S/C19H24N2OS/c1-2-18-12-16(14-23-18)19(22)20-17-8-10-21(11-9-17)13-15-6-4-3-5-7-15/h3-7,12,14,17H,2,8-11,13H2,1H3,(H,20,22). The van der Waals surface area contributed by atoms with Gasteiger partial charge in [-0.15, -0.1) is 11.3 Å². The molecule has 1 saturated heterocycles. The van der Waals surface area contributed by atoms with E-state index < -0.39 is 0 Å². The molecule has 2 aromatic rings. The lowest BCUT2D eigenvalue weighted by Crippen LogP contribution is -2.44. The number of aryl methyl sites for hydroxylation is 1. The summed E-state index contributed by atoms with van der Waals surface area (Å²) in [5.41, 5.74) is 2.18. The maximum Gasteiger partial charge on any atom is 0.252 e. The first-order chi connectivity index (χ1) is 11.2. The number of carbonyl (C=O) groups is 1. The minimum absolute atomic E-state index is 0.0856. The molecule has 2 heterocycles. The monoisotopic (exact) mass is 328 g/mol. The number of thiophene rings is 1. The van der Waals surface area contributed by atoms with Gasteiger partial charge in [-0.3, -0.25) is 9.69 Å². The van der Waals surface area contributed by atoms with E-state index in [-0.39, 0.29) is 5.91 Å². The minimum Gasteiger partial charge on any atom is -0.349 e. The summed E-state index contributed by atoms with van der Waals surface area (Å²) in [5, 5.41) is 5.17. The van der Waals surface area contributed by atoms with Crippen molar-refractivity contribution < 1.29 is 4.79 Å². The quantitative estimate of drug-likeness (QED) is 0.907. The number of benzene rings is 1. The highest BCUT2D eigenvalue weighted by Crippen LogP contribution is 2.17. The van der Waals surface area contributed by atoms with Gasteiger partial charge in [0.2, 0.25) is 0 Å². The molecule has 1 aliphatic heterocycles. The number of carbonyl (C=O) groups excluding carboxylic acids is 1. The third kappa shape index (κ3) is 4.43. The first kappa shape index (κ1) is 16.2. The van der Waals surface area contributed by atoms with Gasteiger partial charge in [0.1, 0.15) is 0 Å². The van der Waals surface area contributed by atoms with Crippen molar-refractivity contribution in [2.24, 2.45) is 0 Å². The van der Waals surface area contributed by atoms with Gasteiger partial charge in [0, 0.05) is 35.9 Å². The van der Waals surface area contributed by atoms with E-state index in [1.165, 1.54) is 10.4 Å².